The molecule has 0 N–H and O–H groups in total. The van der Waals surface area contributed by atoms with E-state index in [4.69, 9.17) is 9.68 Å². The van der Waals surface area contributed by atoms with Crippen LogP contribution >= 0.6 is 0 Å². The van der Waals surface area contributed by atoms with E-state index < -0.39 is 17.5 Å². The van der Waals surface area contributed by atoms with Gasteiger partial charge in [-0.15, -0.1) is 5.10 Å². The maximum absolute atomic E-state index is 13.0. The molecule has 0 aliphatic rings. The van der Waals surface area contributed by atoms with E-state index in [-0.39, 0.29) is 25.4 Å². The van der Waals surface area contributed by atoms with Crippen LogP contribution in [0.15, 0.2) is 63.8 Å². The Balaban J connectivity index is 1.82. The molecule has 27 heavy (non-hydrogen) atoms. The second kappa shape index (κ2) is 8.10. The number of amides is 1. The minimum absolute atomic E-state index is 0.00362. The van der Waals surface area contributed by atoms with Crippen LogP contribution in [0, 0.1) is 17.1 Å². The van der Waals surface area contributed by atoms with Crippen LogP contribution in [0.2, 0.25) is 0 Å². The molecule has 1 amide bonds. The third kappa shape index (κ3) is 4.27. The van der Waals surface area contributed by atoms with Crippen LogP contribution in [-0.2, 0) is 11.3 Å². The van der Waals surface area contributed by atoms with Crippen LogP contribution in [0.5, 0.6) is 0 Å². The number of para-hydroxylation sites is 1. The Morgan fingerprint density at radius 3 is 2.56 bits per heavy atom. The van der Waals surface area contributed by atoms with E-state index in [1.807, 2.05) is 12.1 Å². The van der Waals surface area contributed by atoms with Gasteiger partial charge in [-0.1, -0.05) is 18.2 Å². The molecule has 0 saturated heterocycles. The lowest BCUT2D eigenvalue weighted by atomic mass is 10.2. The molecule has 2 aromatic carbocycles. The van der Waals surface area contributed by atoms with Gasteiger partial charge in [-0.2, -0.15) is 9.94 Å². The second-order valence-corrected chi connectivity index (χ2v) is 5.63. The molecule has 8 heteroatoms. The molecule has 0 saturated carbocycles. The van der Waals surface area contributed by atoms with Crippen molar-refractivity contribution in [1.82, 2.24) is 9.78 Å². The third-order valence-corrected chi connectivity index (χ3v) is 3.80. The Bertz CT molecular complexity index is 1020. The molecule has 0 unspecified atom stereocenters. The monoisotopic (exact) mass is 366 g/mol. The van der Waals surface area contributed by atoms with E-state index >= 15 is 0 Å². The highest BCUT2D eigenvalue weighted by Gasteiger charge is 2.19. The minimum Gasteiger partial charge on any atom is -0.388 e. The Kier molecular flexibility index (Phi) is 5.42. The maximum Gasteiger partial charge on any atom is 0.437 e. The van der Waals surface area contributed by atoms with Gasteiger partial charge < -0.3 is 9.32 Å². The summed E-state index contributed by atoms with van der Waals surface area (Å²) in [5, 5.41) is 12.8. The van der Waals surface area contributed by atoms with Crippen molar-refractivity contribution in [2.45, 2.75) is 13.0 Å². The quantitative estimate of drug-likeness (QED) is 0.669. The number of hydrogen-bond donors (Lipinski definition) is 0. The molecule has 3 aromatic rings. The average Bonchev–Trinajstić information content (AvgIpc) is 3.04. The molecule has 0 aliphatic carbocycles. The number of halogens is 1. The minimum atomic E-state index is -0.795. The summed E-state index contributed by atoms with van der Waals surface area (Å²) in [5.41, 5.74) is 1.04. The smallest absolute Gasteiger partial charge is 0.388 e. The molecule has 1 heterocycles. The van der Waals surface area contributed by atoms with Crippen molar-refractivity contribution in [2.75, 3.05) is 11.4 Å². The first-order valence-electron chi connectivity index (χ1n) is 8.15. The zero-order valence-corrected chi connectivity index (χ0v) is 14.2. The standard InChI is InChI=1S/C19H15FN4O3/c20-15-9-7-14(8-10-15)18-22-24(19(26)27-18)13-17(25)23(12-4-11-21)16-5-2-1-3-6-16/h1-3,5-10H,4,12-13H2. The number of nitriles is 1. The number of carbonyl (C=O) groups is 1. The molecule has 1 aromatic heterocycles. The predicted octanol–water partition coefficient (Wildman–Crippen LogP) is 2.59. The van der Waals surface area contributed by atoms with E-state index in [0.717, 1.165) is 4.68 Å². The van der Waals surface area contributed by atoms with Crippen molar-refractivity contribution >= 4 is 11.6 Å². The average molecular weight is 366 g/mol. The lowest BCUT2D eigenvalue weighted by Crippen LogP contribution is -2.36. The van der Waals surface area contributed by atoms with Gasteiger partial charge in [0.15, 0.2) is 0 Å². The molecule has 0 radical (unpaired) electrons. The fraction of sp³-hybridized carbons (Fsp3) is 0.158. The molecule has 136 valence electrons. The molecular weight excluding hydrogens is 351 g/mol. The Hall–Kier alpha value is -3.73. The summed E-state index contributed by atoms with van der Waals surface area (Å²) in [5.74, 6) is -1.63. The van der Waals surface area contributed by atoms with E-state index in [2.05, 4.69) is 5.10 Å². The summed E-state index contributed by atoms with van der Waals surface area (Å²) in [6.45, 7) is -0.152. The first-order chi connectivity index (χ1) is 13.1. The molecular formula is C19H15FN4O3. The normalized spacial score (nSPS) is 10.4. The summed E-state index contributed by atoms with van der Waals surface area (Å²) in [6.07, 6.45) is 0.148. The first kappa shape index (κ1) is 18.1. The van der Waals surface area contributed by atoms with Crippen LogP contribution < -0.4 is 10.7 Å². The summed E-state index contributed by atoms with van der Waals surface area (Å²) in [7, 11) is 0. The van der Waals surface area contributed by atoms with E-state index in [1.165, 1.54) is 29.2 Å². The van der Waals surface area contributed by atoms with Crippen molar-refractivity contribution in [3.05, 3.63) is 71.0 Å². The lowest BCUT2D eigenvalue weighted by Gasteiger charge is -2.21. The molecule has 0 fully saturated rings. The Labute approximate surface area is 153 Å². The topological polar surface area (TPSA) is 92.1 Å². The number of anilines is 1. The van der Waals surface area contributed by atoms with Gasteiger partial charge in [0.25, 0.3) is 0 Å². The van der Waals surface area contributed by atoms with Crippen LogP contribution in [0.25, 0.3) is 11.5 Å². The first-order valence-corrected chi connectivity index (χ1v) is 8.15. The SMILES string of the molecule is N#CCCN(C(=O)Cn1nc(-c2ccc(F)cc2)oc1=O)c1ccccc1. The zero-order chi connectivity index (χ0) is 19.2. The highest BCUT2D eigenvalue weighted by molar-refractivity contribution is 5.93. The van der Waals surface area contributed by atoms with Crippen LogP contribution in [0.3, 0.4) is 0 Å². The van der Waals surface area contributed by atoms with Gasteiger partial charge in [-0.3, -0.25) is 4.79 Å². The predicted molar refractivity (Wildman–Crippen MR) is 95.2 cm³/mol. The maximum atomic E-state index is 13.0. The summed E-state index contributed by atoms with van der Waals surface area (Å²) >= 11 is 0. The fourth-order valence-electron chi connectivity index (χ4n) is 2.50. The second-order valence-electron chi connectivity index (χ2n) is 5.63. The van der Waals surface area contributed by atoms with E-state index in [1.54, 1.807) is 24.3 Å². The van der Waals surface area contributed by atoms with E-state index in [9.17, 15) is 14.0 Å². The van der Waals surface area contributed by atoms with Gasteiger partial charge in [0.2, 0.25) is 11.8 Å². The summed E-state index contributed by atoms with van der Waals surface area (Å²) in [6, 6.07) is 16.1. The molecule has 7 nitrogen and oxygen atoms in total. The van der Waals surface area contributed by atoms with Crippen molar-refractivity contribution < 1.29 is 13.6 Å². The third-order valence-electron chi connectivity index (χ3n) is 3.80. The number of hydrogen-bond acceptors (Lipinski definition) is 5. The van der Waals surface area contributed by atoms with Gasteiger partial charge in [-0.05, 0) is 36.4 Å². The number of aromatic nitrogens is 2. The number of benzene rings is 2. The lowest BCUT2D eigenvalue weighted by molar-refractivity contribution is -0.119. The van der Waals surface area contributed by atoms with Crippen LogP contribution in [-0.4, -0.2) is 22.2 Å². The van der Waals surface area contributed by atoms with Gasteiger partial charge >= 0.3 is 5.76 Å². The highest BCUT2D eigenvalue weighted by atomic mass is 19.1. The Morgan fingerprint density at radius 1 is 1.19 bits per heavy atom. The zero-order valence-electron chi connectivity index (χ0n) is 14.2. The largest absolute Gasteiger partial charge is 0.437 e. The van der Waals surface area contributed by atoms with Crippen molar-refractivity contribution in [1.29, 1.82) is 5.26 Å². The van der Waals surface area contributed by atoms with Crippen molar-refractivity contribution in [3.8, 4) is 17.5 Å². The van der Waals surface area contributed by atoms with Crippen LogP contribution in [0.1, 0.15) is 6.42 Å². The van der Waals surface area contributed by atoms with Gasteiger partial charge in [0.1, 0.15) is 12.4 Å². The van der Waals surface area contributed by atoms with Crippen LogP contribution in [0.4, 0.5) is 10.1 Å². The number of carbonyl (C=O) groups excluding carboxylic acids is 1. The van der Waals surface area contributed by atoms with Gasteiger partial charge in [-0.25, -0.2) is 9.18 Å². The van der Waals surface area contributed by atoms with Gasteiger partial charge in [0, 0.05) is 17.8 Å². The molecule has 0 bridgehead atoms. The number of nitrogens with zero attached hydrogens (tertiary/aromatic N) is 4. The number of rotatable bonds is 6. The fourth-order valence-corrected chi connectivity index (χ4v) is 2.50. The highest BCUT2D eigenvalue weighted by Crippen LogP contribution is 2.17. The van der Waals surface area contributed by atoms with E-state index in [0.29, 0.717) is 11.3 Å². The van der Waals surface area contributed by atoms with Crippen molar-refractivity contribution in [2.24, 2.45) is 0 Å². The molecule has 0 aliphatic heterocycles. The Morgan fingerprint density at radius 2 is 1.89 bits per heavy atom. The van der Waals surface area contributed by atoms with Crippen molar-refractivity contribution in [3.63, 3.8) is 0 Å². The molecule has 0 atom stereocenters. The van der Waals surface area contributed by atoms with Gasteiger partial charge in [0.05, 0.1) is 12.5 Å². The molecule has 0 spiro atoms. The summed E-state index contributed by atoms with van der Waals surface area (Å²) < 4.78 is 19.0. The molecule has 3 rings (SSSR count). The summed E-state index contributed by atoms with van der Waals surface area (Å²) in [4.78, 5) is 26.1.